The van der Waals surface area contributed by atoms with Crippen LogP contribution in [-0.4, -0.2) is 41.9 Å². The van der Waals surface area contributed by atoms with E-state index in [1.807, 2.05) is 20.8 Å². The molecule has 32 heavy (non-hydrogen) atoms. The van der Waals surface area contributed by atoms with Crippen LogP contribution in [0.2, 0.25) is 0 Å². The molecule has 0 aliphatic heterocycles. The minimum atomic E-state index is -1.94. The van der Waals surface area contributed by atoms with Gasteiger partial charge >= 0.3 is 0 Å². The van der Waals surface area contributed by atoms with Crippen LogP contribution in [0.15, 0.2) is 0 Å². The molecule has 3 unspecified atom stereocenters. The lowest BCUT2D eigenvalue weighted by Crippen LogP contribution is -2.61. The zero-order chi connectivity index (χ0) is 25.1. The van der Waals surface area contributed by atoms with Crippen LogP contribution in [0.1, 0.15) is 86.5 Å². The van der Waals surface area contributed by atoms with Crippen molar-refractivity contribution in [3.8, 4) is 0 Å². The molecule has 0 aliphatic rings. The number of amides is 4. The summed E-state index contributed by atoms with van der Waals surface area (Å²) in [4.78, 5) is 51.5. The fourth-order valence-electron chi connectivity index (χ4n) is 4.14. The van der Waals surface area contributed by atoms with E-state index in [0.29, 0.717) is 6.42 Å². The van der Waals surface area contributed by atoms with Crippen molar-refractivity contribution in [3.05, 3.63) is 0 Å². The number of carbonyl (C=O) groups excluding carboxylic acids is 4. The minimum absolute atomic E-state index is 0.0120. The maximum atomic E-state index is 13.5. The van der Waals surface area contributed by atoms with Gasteiger partial charge in [0.25, 0.3) is 5.91 Å². The Bertz CT molecular complexity index is 645. The van der Waals surface area contributed by atoms with E-state index < -0.39 is 40.5 Å². The summed E-state index contributed by atoms with van der Waals surface area (Å²) in [7, 11) is 1.48. The largest absolute Gasteiger partial charge is 0.369 e. The minimum Gasteiger partial charge on any atom is -0.369 e. The van der Waals surface area contributed by atoms with Crippen LogP contribution in [0.3, 0.4) is 0 Å². The molecule has 0 aromatic heterocycles. The van der Waals surface area contributed by atoms with Gasteiger partial charge in [-0.2, -0.15) is 0 Å². The van der Waals surface area contributed by atoms with Crippen LogP contribution in [0.4, 0.5) is 0 Å². The molecular formula is C23H44N4O5. The molecule has 0 fully saturated rings. The van der Waals surface area contributed by atoms with Crippen LogP contribution in [-0.2, 0) is 19.2 Å². The van der Waals surface area contributed by atoms with Gasteiger partial charge < -0.3 is 16.4 Å². The summed E-state index contributed by atoms with van der Waals surface area (Å²) in [6.07, 6.45) is 4.70. The number of likely N-dealkylation sites (N-methyl/N-ethyl adjacent to an activating group) is 1. The number of hydroxylamine groups is 1. The zero-order valence-corrected chi connectivity index (χ0v) is 20.8. The highest BCUT2D eigenvalue weighted by atomic mass is 16.5. The Morgan fingerprint density at radius 2 is 1.53 bits per heavy atom. The van der Waals surface area contributed by atoms with Gasteiger partial charge in [-0.15, -0.1) is 0 Å². The summed E-state index contributed by atoms with van der Waals surface area (Å²) < 4.78 is 0. The molecule has 3 atom stereocenters. The molecule has 0 aromatic carbocycles. The third kappa shape index (κ3) is 8.07. The average Bonchev–Trinajstić information content (AvgIpc) is 2.70. The Morgan fingerprint density at radius 3 is 1.94 bits per heavy atom. The first-order valence-corrected chi connectivity index (χ1v) is 11.6. The van der Waals surface area contributed by atoms with E-state index in [1.165, 1.54) is 7.05 Å². The van der Waals surface area contributed by atoms with Crippen molar-refractivity contribution in [2.45, 2.75) is 92.5 Å². The van der Waals surface area contributed by atoms with Crippen molar-refractivity contribution in [2.24, 2.45) is 28.4 Å². The Balaban J connectivity index is 6.28. The fraction of sp³-hybridized carbons (Fsp3) is 0.826. The molecule has 6 N–H and O–H groups in total. The quantitative estimate of drug-likeness (QED) is 0.118. The normalized spacial score (nSPS) is 15.4. The smallest absolute Gasteiger partial charge is 0.259 e. The lowest BCUT2D eigenvalue weighted by atomic mass is 9.66. The molecular weight excluding hydrogens is 412 g/mol. The number of nitrogens with two attached hydrogens (primary N) is 1. The van der Waals surface area contributed by atoms with Gasteiger partial charge in [0.1, 0.15) is 11.5 Å². The summed E-state index contributed by atoms with van der Waals surface area (Å²) >= 11 is 0. The van der Waals surface area contributed by atoms with Crippen molar-refractivity contribution in [2.75, 3.05) is 7.05 Å². The molecule has 4 amide bonds. The molecule has 186 valence electrons. The number of hydrogen-bond acceptors (Lipinski definition) is 5. The van der Waals surface area contributed by atoms with E-state index >= 15 is 0 Å². The van der Waals surface area contributed by atoms with Crippen molar-refractivity contribution >= 4 is 23.6 Å². The molecule has 9 nitrogen and oxygen atoms in total. The molecule has 0 radical (unpaired) electrons. The van der Waals surface area contributed by atoms with Gasteiger partial charge in [0, 0.05) is 7.05 Å². The maximum absolute atomic E-state index is 13.5. The van der Waals surface area contributed by atoms with Crippen molar-refractivity contribution in [3.63, 3.8) is 0 Å². The lowest BCUT2D eigenvalue weighted by molar-refractivity contribution is -0.158. The molecule has 0 spiro atoms. The highest BCUT2D eigenvalue weighted by Gasteiger charge is 2.54. The first kappa shape index (κ1) is 29.8. The topological polar surface area (TPSA) is 151 Å². The second-order valence-electron chi connectivity index (χ2n) is 10.1. The second kappa shape index (κ2) is 13.4. The van der Waals surface area contributed by atoms with Crippen LogP contribution in [0.25, 0.3) is 0 Å². The van der Waals surface area contributed by atoms with Gasteiger partial charge in [-0.25, -0.2) is 5.48 Å². The predicted molar refractivity (Wildman–Crippen MR) is 123 cm³/mol. The Labute approximate surface area is 192 Å². The number of unbranched alkanes of at least 4 members (excludes halogenated alkanes) is 4. The standard InChI is InChI=1S/C23H44N4O5/c1-8-9-10-11-12-13-16(18(28)26-17(19(29)25-7)22(4,5)6)23(20(24)30,14-15(2)3)21(31)27-32/h15-17,32H,8-14H2,1-7H3,(H2,24,30)(H,25,29)(H,26,28)(H,27,31). The van der Waals surface area contributed by atoms with Gasteiger partial charge in [-0.3, -0.25) is 24.4 Å². The number of hydrogen-bond donors (Lipinski definition) is 5. The highest BCUT2D eigenvalue weighted by Crippen LogP contribution is 2.39. The van der Waals surface area contributed by atoms with Crippen molar-refractivity contribution < 1.29 is 24.4 Å². The second-order valence-corrected chi connectivity index (χ2v) is 10.1. The van der Waals surface area contributed by atoms with Crippen LogP contribution in [0, 0.1) is 22.7 Å². The fourth-order valence-corrected chi connectivity index (χ4v) is 4.14. The molecule has 0 saturated heterocycles. The van der Waals surface area contributed by atoms with Gasteiger partial charge in [-0.05, 0) is 24.2 Å². The summed E-state index contributed by atoms with van der Waals surface area (Å²) in [5.74, 6) is -4.25. The molecule has 0 rings (SSSR count). The van der Waals surface area contributed by atoms with Crippen LogP contribution >= 0.6 is 0 Å². The summed E-state index contributed by atoms with van der Waals surface area (Å²) in [5, 5.41) is 14.7. The number of primary amides is 1. The third-order valence-electron chi connectivity index (χ3n) is 5.85. The molecule has 9 heteroatoms. The Kier molecular flexibility index (Phi) is 12.5. The van der Waals surface area contributed by atoms with E-state index in [-0.39, 0.29) is 24.7 Å². The van der Waals surface area contributed by atoms with E-state index in [9.17, 15) is 24.4 Å². The summed E-state index contributed by atoms with van der Waals surface area (Å²) in [6.45, 7) is 11.1. The van der Waals surface area contributed by atoms with Gasteiger partial charge in [-0.1, -0.05) is 73.6 Å². The van der Waals surface area contributed by atoms with Crippen LogP contribution < -0.4 is 21.8 Å². The summed E-state index contributed by atoms with van der Waals surface area (Å²) in [6, 6.07) is -0.885. The zero-order valence-electron chi connectivity index (χ0n) is 20.8. The Hall–Kier alpha value is -2.16. The number of rotatable bonds is 14. The molecule has 0 aromatic rings. The first-order valence-electron chi connectivity index (χ1n) is 11.6. The van der Waals surface area contributed by atoms with Crippen LogP contribution in [0.5, 0.6) is 0 Å². The van der Waals surface area contributed by atoms with E-state index in [0.717, 1.165) is 25.7 Å². The van der Waals surface area contributed by atoms with Gasteiger partial charge in [0.05, 0.1) is 5.92 Å². The molecule has 0 aliphatic carbocycles. The van der Waals surface area contributed by atoms with E-state index in [1.54, 1.807) is 19.3 Å². The van der Waals surface area contributed by atoms with Crippen molar-refractivity contribution in [1.82, 2.24) is 16.1 Å². The van der Waals surface area contributed by atoms with Crippen molar-refractivity contribution in [1.29, 1.82) is 0 Å². The van der Waals surface area contributed by atoms with E-state index in [2.05, 4.69) is 17.6 Å². The highest BCUT2D eigenvalue weighted by molar-refractivity contribution is 6.08. The molecule has 0 heterocycles. The Morgan fingerprint density at radius 1 is 0.969 bits per heavy atom. The number of nitrogens with one attached hydrogen (secondary N) is 3. The predicted octanol–water partition coefficient (Wildman–Crippen LogP) is 2.26. The van der Waals surface area contributed by atoms with Gasteiger partial charge in [0.15, 0.2) is 0 Å². The maximum Gasteiger partial charge on any atom is 0.259 e. The third-order valence-corrected chi connectivity index (χ3v) is 5.85. The SMILES string of the molecule is CCCCCCCC(C(=O)NC(C(=O)NC)C(C)(C)C)C(CC(C)C)(C(N)=O)C(=O)NO. The lowest BCUT2D eigenvalue weighted by Gasteiger charge is -2.38. The van der Waals surface area contributed by atoms with Gasteiger partial charge in [0.2, 0.25) is 17.7 Å². The molecule has 0 bridgehead atoms. The average molecular weight is 457 g/mol. The summed E-state index contributed by atoms with van der Waals surface area (Å²) in [5.41, 5.74) is 4.72. The molecule has 0 saturated carbocycles. The number of carbonyl (C=O) groups is 4. The first-order chi connectivity index (χ1) is 14.8. The van der Waals surface area contributed by atoms with E-state index in [4.69, 9.17) is 5.73 Å². The monoisotopic (exact) mass is 456 g/mol.